The van der Waals surface area contributed by atoms with Gasteiger partial charge in [-0.05, 0) is 50.2 Å². The van der Waals surface area contributed by atoms with Gasteiger partial charge in [-0.3, -0.25) is 4.79 Å². The summed E-state index contributed by atoms with van der Waals surface area (Å²) in [7, 11) is -3.94. The van der Waals surface area contributed by atoms with Crippen LogP contribution in [0.3, 0.4) is 0 Å². The Morgan fingerprint density at radius 3 is 2.43 bits per heavy atom. The highest BCUT2D eigenvalue weighted by atomic mass is 32.2. The molecule has 28 heavy (non-hydrogen) atoms. The van der Waals surface area contributed by atoms with E-state index in [9.17, 15) is 17.6 Å². The Balaban J connectivity index is 1.86. The second-order valence-electron chi connectivity index (χ2n) is 6.00. The molecule has 3 rings (SSSR count). The third-order valence-corrected chi connectivity index (χ3v) is 5.92. The van der Waals surface area contributed by atoms with Crippen molar-refractivity contribution < 1.29 is 17.6 Å². The summed E-state index contributed by atoms with van der Waals surface area (Å²) in [4.78, 5) is 12.4. The highest BCUT2D eigenvalue weighted by Crippen LogP contribution is 2.13. The van der Waals surface area contributed by atoms with Crippen LogP contribution in [0.2, 0.25) is 0 Å². The van der Waals surface area contributed by atoms with Crippen molar-refractivity contribution in [1.82, 2.24) is 9.78 Å². The predicted molar refractivity (Wildman–Crippen MR) is 104 cm³/mol. The van der Waals surface area contributed by atoms with E-state index in [1.807, 2.05) is 6.92 Å². The first kappa shape index (κ1) is 19.9. The average Bonchev–Trinajstić information content (AvgIpc) is 2.95. The quantitative estimate of drug-likeness (QED) is 0.687. The Morgan fingerprint density at radius 1 is 1.14 bits per heavy atom. The average molecular weight is 420 g/mol. The zero-order chi connectivity index (χ0) is 20.3. The molecule has 10 heteroatoms. The van der Waals surface area contributed by atoms with Crippen LogP contribution in [0.1, 0.15) is 10.6 Å². The minimum atomic E-state index is -3.94. The molecular formula is C18H17FN4O3S2. The first-order valence-corrected chi connectivity index (χ1v) is 10.5. The van der Waals surface area contributed by atoms with Crippen LogP contribution in [0, 0.1) is 19.7 Å². The molecule has 0 spiro atoms. The monoisotopic (exact) mass is 420 g/mol. The van der Waals surface area contributed by atoms with Crippen molar-refractivity contribution in [3.05, 3.63) is 69.7 Å². The van der Waals surface area contributed by atoms with E-state index < -0.39 is 21.7 Å². The van der Waals surface area contributed by atoms with Crippen molar-refractivity contribution in [3.8, 4) is 0 Å². The lowest BCUT2D eigenvalue weighted by Gasteiger charge is -2.05. The van der Waals surface area contributed by atoms with E-state index in [4.69, 9.17) is 0 Å². The van der Waals surface area contributed by atoms with Crippen molar-refractivity contribution in [2.24, 2.45) is 4.40 Å². The summed E-state index contributed by atoms with van der Waals surface area (Å²) < 4.78 is 43.1. The highest BCUT2D eigenvalue weighted by Gasteiger charge is 2.15. The number of amides is 1. The Hall–Kier alpha value is -2.85. The van der Waals surface area contributed by atoms with Gasteiger partial charge in [-0.25, -0.2) is 9.07 Å². The van der Waals surface area contributed by atoms with Crippen LogP contribution in [0.25, 0.3) is 0 Å². The lowest BCUT2D eigenvalue weighted by atomic mass is 10.2. The van der Waals surface area contributed by atoms with Gasteiger partial charge in [0, 0.05) is 5.69 Å². The molecule has 0 fully saturated rings. The number of anilines is 1. The number of nitrogens with one attached hydrogen (secondary N) is 1. The number of aromatic nitrogens is 2. The number of aryl methyl sites for hydroxylation is 2. The summed E-state index contributed by atoms with van der Waals surface area (Å²) in [6.07, 6.45) is 0. The minimum Gasteiger partial charge on any atom is -0.324 e. The van der Waals surface area contributed by atoms with Gasteiger partial charge in [-0.2, -0.15) is 13.5 Å². The van der Waals surface area contributed by atoms with Crippen LogP contribution in [0.4, 0.5) is 10.1 Å². The fourth-order valence-electron chi connectivity index (χ4n) is 2.32. The molecule has 7 nitrogen and oxygen atoms in total. The largest absolute Gasteiger partial charge is 0.324 e. The Morgan fingerprint density at radius 2 is 1.79 bits per heavy atom. The fraction of sp³-hybridized carbons (Fsp3) is 0.167. The molecule has 0 bridgehead atoms. The summed E-state index contributed by atoms with van der Waals surface area (Å²) in [5.41, 5.74) is 1.35. The maximum Gasteiger partial charge on any atom is 0.285 e. The number of rotatable bonds is 5. The molecule has 2 aromatic carbocycles. The van der Waals surface area contributed by atoms with Crippen LogP contribution in [0.5, 0.6) is 0 Å². The SMILES string of the molecule is Cc1ccc(S(=O)(=O)/N=c2/sc(C)nn2CC(=O)Nc2ccc(F)cc2)cc1. The van der Waals surface area contributed by atoms with E-state index in [0.717, 1.165) is 16.9 Å². The maximum absolute atomic E-state index is 13.0. The first-order valence-electron chi connectivity index (χ1n) is 8.20. The molecule has 1 heterocycles. The number of sulfonamides is 1. The second-order valence-corrected chi connectivity index (χ2v) is 8.76. The Bertz CT molecular complexity index is 1160. The number of halogens is 1. The van der Waals surface area contributed by atoms with Crippen LogP contribution in [0.15, 0.2) is 57.8 Å². The summed E-state index contributed by atoms with van der Waals surface area (Å²) in [6.45, 7) is 3.31. The van der Waals surface area contributed by atoms with Gasteiger partial charge in [-0.15, -0.1) is 4.40 Å². The van der Waals surface area contributed by atoms with E-state index in [1.165, 1.54) is 41.1 Å². The lowest BCUT2D eigenvalue weighted by Crippen LogP contribution is -2.27. The molecule has 1 aromatic heterocycles. The molecule has 0 aliphatic carbocycles. The van der Waals surface area contributed by atoms with E-state index >= 15 is 0 Å². The van der Waals surface area contributed by atoms with Gasteiger partial charge in [0.15, 0.2) is 0 Å². The molecule has 0 aliphatic heterocycles. The Labute approximate surface area is 165 Å². The van der Waals surface area contributed by atoms with Crippen molar-refractivity contribution >= 4 is 33.0 Å². The van der Waals surface area contributed by atoms with Gasteiger partial charge >= 0.3 is 0 Å². The van der Waals surface area contributed by atoms with E-state index in [2.05, 4.69) is 14.8 Å². The molecule has 146 valence electrons. The predicted octanol–water partition coefficient (Wildman–Crippen LogP) is 2.63. The first-order chi connectivity index (χ1) is 13.2. The molecule has 1 N–H and O–H groups in total. The number of benzene rings is 2. The lowest BCUT2D eigenvalue weighted by molar-refractivity contribution is -0.117. The van der Waals surface area contributed by atoms with Crippen LogP contribution in [-0.2, 0) is 21.4 Å². The van der Waals surface area contributed by atoms with E-state index in [0.29, 0.717) is 10.7 Å². The molecule has 0 radical (unpaired) electrons. The molecule has 0 aliphatic rings. The molecule has 3 aromatic rings. The molecule has 0 unspecified atom stereocenters. The van der Waals surface area contributed by atoms with Gasteiger partial charge in [0.1, 0.15) is 17.4 Å². The van der Waals surface area contributed by atoms with Gasteiger partial charge in [-0.1, -0.05) is 29.0 Å². The van der Waals surface area contributed by atoms with Crippen LogP contribution < -0.4 is 10.1 Å². The van der Waals surface area contributed by atoms with Crippen molar-refractivity contribution in [3.63, 3.8) is 0 Å². The van der Waals surface area contributed by atoms with E-state index in [1.54, 1.807) is 19.1 Å². The van der Waals surface area contributed by atoms with Gasteiger partial charge < -0.3 is 5.32 Å². The van der Waals surface area contributed by atoms with E-state index in [-0.39, 0.29) is 16.2 Å². The topological polar surface area (TPSA) is 93.4 Å². The Kier molecular flexibility index (Phi) is 5.71. The molecular weight excluding hydrogens is 403 g/mol. The van der Waals surface area contributed by atoms with Crippen molar-refractivity contribution in [2.75, 3.05) is 5.32 Å². The number of carbonyl (C=O) groups excluding carboxylic acids is 1. The zero-order valence-corrected chi connectivity index (χ0v) is 16.7. The van der Waals surface area contributed by atoms with Crippen LogP contribution in [-0.4, -0.2) is 24.1 Å². The summed E-state index contributed by atoms with van der Waals surface area (Å²) >= 11 is 1.07. The van der Waals surface area contributed by atoms with Gasteiger partial charge in [0.25, 0.3) is 10.0 Å². The number of carbonyl (C=O) groups is 1. The fourth-order valence-corrected chi connectivity index (χ4v) is 4.27. The summed E-state index contributed by atoms with van der Waals surface area (Å²) in [5, 5.41) is 7.32. The maximum atomic E-state index is 13.0. The molecule has 0 atom stereocenters. The van der Waals surface area contributed by atoms with Crippen molar-refractivity contribution in [1.29, 1.82) is 0 Å². The standard InChI is InChI=1S/C18H17FN4O3S2/c1-12-3-9-16(10-4-12)28(25,26)22-18-23(21-13(2)27-18)11-17(24)20-15-7-5-14(19)6-8-15/h3-10H,11H2,1-2H3,(H,20,24)/b22-18+. The minimum absolute atomic E-state index is 0.0615. The normalized spacial score (nSPS) is 12.2. The number of hydrogen-bond acceptors (Lipinski definition) is 5. The molecule has 1 amide bonds. The summed E-state index contributed by atoms with van der Waals surface area (Å²) in [6, 6.07) is 11.6. The van der Waals surface area contributed by atoms with Crippen molar-refractivity contribution in [2.45, 2.75) is 25.3 Å². The van der Waals surface area contributed by atoms with Gasteiger partial charge in [0.05, 0.1) is 4.90 Å². The highest BCUT2D eigenvalue weighted by molar-refractivity contribution is 7.90. The number of nitrogens with zero attached hydrogens (tertiary/aromatic N) is 3. The third kappa shape index (κ3) is 4.90. The number of hydrogen-bond donors (Lipinski definition) is 1. The molecule has 0 saturated carbocycles. The van der Waals surface area contributed by atoms with Crippen LogP contribution >= 0.6 is 11.3 Å². The summed E-state index contributed by atoms with van der Waals surface area (Å²) in [5.74, 6) is -0.851. The smallest absolute Gasteiger partial charge is 0.285 e. The third-order valence-electron chi connectivity index (χ3n) is 3.66. The zero-order valence-electron chi connectivity index (χ0n) is 15.1. The second kappa shape index (κ2) is 8.03. The molecule has 0 saturated heterocycles. The van der Waals surface area contributed by atoms with Gasteiger partial charge in [0.2, 0.25) is 10.7 Å².